The summed E-state index contributed by atoms with van der Waals surface area (Å²) in [5, 5.41) is 3.46. The summed E-state index contributed by atoms with van der Waals surface area (Å²) in [7, 11) is 4.23. The van der Waals surface area contributed by atoms with E-state index >= 15 is 0 Å². The minimum Gasteiger partial charge on any atom is -0.316 e. The third-order valence-electron chi connectivity index (χ3n) is 2.39. The van der Waals surface area contributed by atoms with Gasteiger partial charge in [-0.25, -0.2) is 0 Å². The van der Waals surface area contributed by atoms with E-state index in [1.807, 2.05) is 0 Å². The standard InChI is InChI=1S/C13H22N2.2ClH/c1-15(2)12-6-10-14-11-9-13-7-4-3-5-8-13;;/h3-5,7-8,14H,6,9-12H2,1-2H3;2*1H. The number of nitrogens with zero attached hydrogens (tertiary/aromatic N) is 1. The molecule has 0 heterocycles. The van der Waals surface area contributed by atoms with Gasteiger partial charge in [0.15, 0.2) is 0 Å². The van der Waals surface area contributed by atoms with Crippen molar-refractivity contribution in [1.82, 2.24) is 10.2 Å². The maximum atomic E-state index is 3.46. The molecule has 1 N–H and O–H groups in total. The average molecular weight is 279 g/mol. The number of rotatable bonds is 7. The Bertz CT molecular complexity index is 253. The summed E-state index contributed by atoms with van der Waals surface area (Å²) in [4.78, 5) is 2.22. The summed E-state index contributed by atoms with van der Waals surface area (Å²) in [6.07, 6.45) is 2.35. The van der Waals surface area contributed by atoms with Gasteiger partial charge in [-0.05, 0) is 52.1 Å². The zero-order chi connectivity index (χ0) is 10.9. The van der Waals surface area contributed by atoms with Crippen LogP contribution in [0.1, 0.15) is 12.0 Å². The first-order valence-electron chi connectivity index (χ1n) is 5.68. The third kappa shape index (κ3) is 10.6. The lowest BCUT2D eigenvalue weighted by atomic mass is 10.1. The van der Waals surface area contributed by atoms with Gasteiger partial charge in [0.25, 0.3) is 0 Å². The maximum absolute atomic E-state index is 3.46. The Morgan fingerprint density at radius 3 is 2.24 bits per heavy atom. The van der Waals surface area contributed by atoms with E-state index in [0.717, 1.165) is 19.5 Å². The van der Waals surface area contributed by atoms with Gasteiger partial charge in [0.05, 0.1) is 0 Å². The van der Waals surface area contributed by atoms with Crippen LogP contribution in [0.15, 0.2) is 30.3 Å². The molecular weight excluding hydrogens is 255 g/mol. The highest BCUT2D eigenvalue weighted by molar-refractivity contribution is 5.85. The highest BCUT2D eigenvalue weighted by Crippen LogP contribution is 1.97. The van der Waals surface area contributed by atoms with E-state index in [9.17, 15) is 0 Å². The number of halogens is 2. The average Bonchev–Trinajstić information content (AvgIpc) is 2.24. The molecule has 0 saturated heterocycles. The molecule has 100 valence electrons. The summed E-state index contributed by atoms with van der Waals surface area (Å²) in [5.74, 6) is 0. The van der Waals surface area contributed by atoms with E-state index in [4.69, 9.17) is 0 Å². The Kier molecular flexibility index (Phi) is 13.7. The Morgan fingerprint density at radius 1 is 1.00 bits per heavy atom. The Balaban J connectivity index is 0. The molecule has 0 aliphatic rings. The van der Waals surface area contributed by atoms with E-state index in [2.05, 4.69) is 54.6 Å². The zero-order valence-corrected chi connectivity index (χ0v) is 12.3. The van der Waals surface area contributed by atoms with Crippen molar-refractivity contribution in [3.8, 4) is 0 Å². The van der Waals surface area contributed by atoms with Gasteiger partial charge < -0.3 is 10.2 Å². The molecule has 0 saturated carbocycles. The smallest absolute Gasteiger partial charge is 0.000834 e. The fourth-order valence-corrected chi connectivity index (χ4v) is 1.52. The van der Waals surface area contributed by atoms with E-state index < -0.39 is 0 Å². The Morgan fingerprint density at radius 2 is 1.65 bits per heavy atom. The first kappa shape index (κ1) is 19.1. The molecule has 0 radical (unpaired) electrons. The summed E-state index contributed by atoms with van der Waals surface area (Å²) in [5.41, 5.74) is 1.41. The van der Waals surface area contributed by atoms with Gasteiger partial charge in [-0.1, -0.05) is 30.3 Å². The van der Waals surface area contributed by atoms with Gasteiger partial charge in [-0.15, -0.1) is 24.8 Å². The van der Waals surface area contributed by atoms with Crippen molar-refractivity contribution < 1.29 is 0 Å². The lowest BCUT2D eigenvalue weighted by Crippen LogP contribution is -2.23. The minimum absolute atomic E-state index is 0. The number of hydrogen-bond donors (Lipinski definition) is 1. The summed E-state index contributed by atoms with van der Waals surface area (Å²) >= 11 is 0. The number of hydrogen-bond acceptors (Lipinski definition) is 2. The molecule has 2 nitrogen and oxygen atoms in total. The van der Waals surface area contributed by atoms with Crippen molar-refractivity contribution >= 4 is 24.8 Å². The first-order valence-corrected chi connectivity index (χ1v) is 5.68. The molecule has 0 aliphatic carbocycles. The predicted molar refractivity (Wildman–Crippen MR) is 80.7 cm³/mol. The molecule has 0 unspecified atom stereocenters. The van der Waals surface area contributed by atoms with E-state index in [-0.39, 0.29) is 24.8 Å². The van der Waals surface area contributed by atoms with Crippen LogP contribution in [0.4, 0.5) is 0 Å². The van der Waals surface area contributed by atoms with Gasteiger partial charge in [0, 0.05) is 0 Å². The van der Waals surface area contributed by atoms with Gasteiger partial charge in [0.1, 0.15) is 0 Å². The van der Waals surface area contributed by atoms with Crippen molar-refractivity contribution in [3.63, 3.8) is 0 Å². The van der Waals surface area contributed by atoms with Crippen LogP contribution >= 0.6 is 24.8 Å². The lowest BCUT2D eigenvalue weighted by Gasteiger charge is -2.09. The molecule has 0 aromatic heterocycles. The number of benzene rings is 1. The maximum Gasteiger partial charge on any atom is -0.000834 e. The van der Waals surface area contributed by atoms with Crippen LogP contribution in [0.25, 0.3) is 0 Å². The van der Waals surface area contributed by atoms with E-state index in [1.54, 1.807) is 0 Å². The van der Waals surface area contributed by atoms with Crippen molar-refractivity contribution in [3.05, 3.63) is 35.9 Å². The van der Waals surface area contributed by atoms with Crippen LogP contribution in [-0.4, -0.2) is 38.6 Å². The van der Waals surface area contributed by atoms with Crippen molar-refractivity contribution in [2.45, 2.75) is 12.8 Å². The minimum atomic E-state index is 0. The highest BCUT2D eigenvalue weighted by Gasteiger charge is 1.92. The molecule has 0 bridgehead atoms. The van der Waals surface area contributed by atoms with Crippen molar-refractivity contribution in [2.75, 3.05) is 33.7 Å². The summed E-state index contributed by atoms with van der Waals surface area (Å²) in [6, 6.07) is 10.6. The van der Waals surface area contributed by atoms with Crippen LogP contribution in [-0.2, 0) is 6.42 Å². The van der Waals surface area contributed by atoms with Crippen LogP contribution in [0.3, 0.4) is 0 Å². The van der Waals surface area contributed by atoms with Crippen molar-refractivity contribution in [1.29, 1.82) is 0 Å². The van der Waals surface area contributed by atoms with Gasteiger partial charge in [-0.2, -0.15) is 0 Å². The predicted octanol–water partition coefficient (Wildman–Crippen LogP) is 2.61. The molecule has 4 heteroatoms. The molecule has 1 rings (SSSR count). The fourth-order valence-electron chi connectivity index (χ4n) is 1.52. The SMILES string of the molecule is CN(C)CCCNCCc1ccccc1.Cl.Cl. The summed E-state index contributed by atoms with van der Waals surface area (Å²) < 4.78 is 0. The van der Waals surface area contributed by atoms with E-state index in [1.165, 1.54) is 18.5 Å². The summed E-state index contributed by atoms with van der Waals surface area (Å²) in [6.45, 7) is 3.36. The molecule has 0 fully saturated rings. The fraction of sp³-hybridized carbons (Fsp3) is 0.538. The van der Waals surface area contributed by atoms with Gasteiger partial charge >= 0.3 is 0 Å². The van der Waals surface area contributed by atoms with Gasteiger partial charge in [-0.3, -0.25) is 0 Å². The molecule has 0 atom stereocenters. The Hall–Kier alpha value is -0.280. The quantitative estimate of drug-likeness (QED) is 0.772. The Labute approximate surface area is 118 Å². The number of nitrogens with one attached hydrogen (secondary N) is 1. The molecule has 0 spiro atoms. The molecule has 0 amide bonds. The van der Waals surface area contributed by atoms with Crippen LogP contribution in [0.2, 0.25) is 0 Å². The molecule has 1 aromatic rings. The van der Waals surface area contributed by atoms with Crippen molar-refractivity contribution in [2.24, 2.45) is 0 Å². The molecular formula is C13H24Cl2N2. The molecule has 1 aromatic carbocycles. The molecule has 17 heavy (non-hydrogen) atoms. The second-order valence-electron chi connectivity index (χ2n) is 4.14. The monoisotopic (exact) mass is 278 g/mol. The van der Waals surface area contributed by atoms with Crippen LogP contribution in [0.5, 0.6) is 0 Å². The largest absolute Gasteiger partial charge is 0.316 e. The second kappa shape index (κ2) is 12.2. The molecule has 0 aliphatic heterocycles. The normalized spacial score (nSPS) is 9.59. The second-order valence-corrected chi connectivity index (χ2v) is 4.14. The zero-order valence-electron chi connectivity index (χ0n) is 10.7. The third-order valence-corrected chi connectivity index (χ3v) is 2.39. The van der Waals surface area contributed by atoms with Crippen LogP contribution < -0.4 is 5.32 Å². The topological polar surface area (TPSA) is 15.3 Å². The van der Waals surface area contributed by atoms with E-state index in [0.29, 0.717) is 0 Å². The van der Waals surface area contributed by atoms with Crippen LogP contribution in [0, 0.1) is 0 Å². The van der Waals surface area contributed by atoms with Gasteiger partial charge in [0.2, 0.25) is 0 Å². The first-order chi connectivity index (χ1) is 7.29. The highest BCUT2D eigenvalue weighted by atomic mass is 35.5. The lowest BCUT2D eigenvalue weighted by molar-refractivity contribution is 0.395.